The minimum atomic E-state index is -0.260. The standard InChI is InChI=1S/C18H20N6O2S/c25-18(13-10-14(26-23-13)15-4-3-9-27-15)20-6-5-19-16-11-17(22-12-21-16)24-7-1-2-8-24/h3-4,9-12H,1-2,5-8H2,(H,20,25)(H,19,21,22). The summed E-state index contributed by atoms with van der Waals surface area (Å²) in [5.74, 6) is 2.04. The molecule has 0 atom stereocenters. The normalized spacial score (nSPS) is 13.7. The molecular formula is C18H20N6O2S. The van der Waals surface area contributed by atoms with E-state index in [-0.39, 0.29) is 11.6 Å². The zero-order valence-corrected chi connectivity index (χ0v) is 15.5. The highest BCUT2D eigenvalue weighted by Gasteiger charge is 2.15. The molecule has 0 unspecified atom stereocenters. The lowest BCUT2D eigenvalue weighted by Gasteiger charge is -2.16. The van der Waals surface area contributed by atoms with Gasteiger partial charge in [0.05, 0.1) is 4.88 Å². The predicted molar refractivity (Wildman–Crippen MR) is 104 cm³/mol. The maximum Gasteiger partial charge on any atom is 0.273 e. The number of aromatic nitrogens is 3. The molecule has 3 aromatic heterocycles. The van der Waals surface area contributed by atoms with E-state index < -0.39 is 0 Å². The largest absolute Gasteiger partial charge is 0.368 e. The second-order valence-electron chi connectivity index (χ2n) is 6.19. The van der Waals surface area contributed by atoms with Crippen LogP contribution in [0.4, 0.5) is 11.6 Å². The lowest BCUT2D eigenvalue weighted by atomic mass is 10.3. The first-order chi connectivity index (χ1) is 13.3. The van der Waals surface area contributed by atoms with Gasteiger partial charge in [-0.2, -0.15) is 0 Å². The van der Waals surface area contributed by atoms with E-state index >= 15 is 0 Å². The van der Waals surface area contributed by atoms with Crippen LogP contribution in [0.15, 0.2) is 40.5 Å². The summed E-state index contributed by atoms with van der Waals surface area (Å²) < 4.78 is 5.23. The molecule has 1 saturated heterocycles. The molecular weight excluding hydrogens is 364 g/mol. The maximum absolute atomic E-state index is 12.2. The van der Waals surface area contributed by atoms with Crippen molar-refractivity contribution in [2.45, 2.75) is 12.8 Å². The summed E-state index contributed by atoms with van der Waals surface area (Å²) in [4.78, 5) is 23.9. The zero-order chi connectivity index (χ0) is 18.5. The average Bonchev–Trinajstić information content (AvgIpc) is 3.46. The molecule has 27 heavy (non-hydrogen) atoms. The van der Waals surface area contributed by atoms with Gasteiger partial charge in [0.15, 0.2) is 11.5 Å². The van der Waals surface area contributed by atoms with Crippen molar-refractivity contribution in [2.75, 3.05) is 36.4 Å². The SMILES string of the molecule is O=C(NCCNc1cc(N2CCCC2)ncn1)c1cc(-c2cccs2)on1. The van der Waals surface area contributed by atoms with E-state index in [1.54, 1.807) is 12.4 Å². The van der Waals surface area contributed by atoms with Crippen LogP contribution in [0.2, 0.25) is 0 Å². The maximum atomic E-state index is 12.2. The summed E-state index contributed by atoms with van der Waals surface area (Å²) in [5, 5.41) is 11.8. The number of rotatable bonds is 7. The van der Waals surface area contributed by atoms with Gasteiger partial charge >= 0.3 is 0 Å². The minimum absolute atomic E-state index is 0.260. The molecule has 4 rings (SSSR count). The van der Waals surface area contributed by atoms with Gasteiger partial charge < -0.3 is 20.1 Å². The van der Waals surface area contributed by atoms with E-state index in [0.717, 1.165) is 29.6 Å². The van der Waals surface area contributed by atoms with Gasteiger partial charge in [-0.05, 0) is 24.3 Å². The van der Waals surface area contributed by atoms with Crippen molar-refractivity contribution in [3.63, 3.8) is 0 Å². The molecule has 0 radical (unpaired) electrons. The average molecular weight is 384 g/mol. The fourth-order valence-electron chi connectivity index (χ4n) is 2.94. The Hall–Kier alpha value is -2.94. The molecule has 1 amide bonds. The summed E-state index contributed by atoms with van der Waals surface area (Å²) in [5.41, 5.74) is 0.275. The van der Waals surface area contributed by atoms with Crippen LogP contribution >= 0.6 is 11.3 Å². The molecule has 0 aromatic carbocycles. The fourth-order valence-corrected chi connectivity index (χ4v) is 3.61. The smallest absolute Gasteiger partial charge is 0.273 e. The van der Waals surface area contributed by atoms with E-state index in [4.69, 9.17) is 4.52 Å². The number of anilines is 2. The number of hydrogen-bond acceptors (Lipinski definition) is 8. The number of nitrogens with zero attached hydrogens (tertiary/aromatic N) is 4. The third-order valence-electron chi connectivity index (χ3n) is 4.31. The van der Waals surface area contributed by atoms with Crippen molar-refractivity contribution in [1.82, 2.24) is 20.4 Å². The van der Waals surface area contributed by atoms with Gasteiger partial charge in [-0.15, -0.1) is 11.3 Å². The van der Waals surface area contributed by atoms with Crippen LogP contribution in [0, 0.1) is 0 Å². The van der Waals surface area contributed by atoms with Crippen molar-refractivity contribution < 1.29 is 9.32 Å². The topological polar surface area (TPSA) is 96.2 Å². The van der Waals surface area contributed by atoms with E-state index in [0.29, 0.717) is 18.8 Å². The molecule has 2 N–H and O–H groups in total. The lowest BCUT2D eigenvalue weighted by molar-refractivity contribution is 0.0946. The van der Waals surface area contributed by atoms with Crippen molar-refractivity contribution in [3.8, 4) is 10.6 Å². The second kappa shape index (κ2) is 8.17. The first-order valence-corrected chi connectivity index (χ1v) is 9.77. The molecule has 0 aliphatic carbocycles. The fraction of sp³-hybridized carbons (Fsp3) is 0.333. The van der Waals surface area contributed by atoms with Crippen molar-refractivity contribution in [3.05, 3.63) is 41.7 Å². The first-order valence-electron chi connectivity index (χ1n) is 8.89. The third kappa shape index (κ3) is 4.25. The number of amides is 1. The summed E-state index contributed by atoms with van der Waals surface area (Å²) in [6.07, 6.45) is 3.97. The highest BCUT2D eigenvalue weighted by molar-refractivity contribution is 7.13. The van der Waals surface area contributed by atoms with Crippen molar-refractivity contribution in [2.24, 2.45) is 0 Å². The van der Waals surface area contributed by atoms with Gasteiger partial charge in [-0.25, -0.2) is 9.97 Å². The van der Waals surface area contributed by atoms with Crippen LogP contribution in [-0.4, -0.2) is 47.2 Å². The molecule has 0 bridgehead atoms. The molecule has 0 saturated carbocycles. The van der Waals surface area contributed by atoms with Gasteiger partial charge in [0.2, 0.25) is 0 Å². The molecule has 0 spiro atoms. The Labute approximate surface area is 160 Å². The van der Waals surface area contributed by atoms with Crippen LogP contribution < -0.4 is 15.5 Å². The monoisotopic (exact) mass is 384 g/mol. The van der Waals surface area contributed by atoms with Crippen LogP contribution in [0.5, 0.6) is 0 Å². The highest BCUT2D eigenvalue weighted by Crippen LogP contribution is 2.25. The van der Waals surface area contributed by atoms with Crippen LogP contribution in [-0.2, 0) is 0 Å². The molecule has 3 aromatic rings. The second-order valence-corrected chi connectivity index (χ2v) is 7.14. The lowest BCUT2D eigenvalue weighted by Crippen LogP contribution is -2.29. The van der Waals surface area contributed by atoms with Crippen molar-refractivity contribution in [1.29, 1.82) is 0 Å². The zero-order valence-electron chi connectivity index (χ0n) is 14.7. The highest BCUT2D eigenvalue weighted by atomic mass is 32.1. The van der Waals surface area contributed by atoms with E-state index in [2.05, 4.69) is 30.7 Å². The summed E-state index contributed by atoms with van der Waals surface area (Å²) in [6.45, 7) is 3.08. The quantitative estimate of drug-likeness (QED) is 0.605. The molecule has 140 valence electrons. The number of carbonyl (C=O) groups is 1. The first kappa shape index (κ1) is 17.5. The molecule has 1 fully saturated rings. The van der Waals surface area contributed by atoms with Crippen LogP contribution in [0.1, 0.15) is 23.3 Å². The third-order valence-corrected chi connectivity index (χ3v) is 5.19. The summed E-state index contributed by atoms with van der Waals surface area (Å²) >= 11 is 1.54. The van der Waals surface area contributed by atoms with Gasteiger partial charge in [-0.3, -0.25) is 4.79 Å². The van der Waals surface area contributed by atoms with E-state index in [1.165, 1.54) is 24.2 Å². The van der Waals surface area contributed by atoms with E-state index in [1.807, 2.05) is 23.6 Å². The molecule has 8 nitrogen and oxygen atoms in total. The van der Waals surface area contributed by atoms with E-state index in [9.17, 15) is 4.79 Å². The van der Waals surface area contributed by atoms with Crippen molar-refractivity contribution >= 4 is 28.9 Å². The molecule has 1 aliphatic rings. The molecule has 9 heteroatoms. The summed E-state index contributed by atoms with van der Waals surface area (Å²) in [7, 11) is 0. The van der Waals surface area contributed by atoms with Gasteiger partial charge in [0, 0.05) is 38.3 Å². The van der Waals surface area contributed by atoms with Gasteiger partial charge in [0.25, 0.3) is 5.91 Å². The Morgan fingerprint density at radius 2 is 2.11 bits per heavy atom. The number of thiophene rings is 1. The Bertz CT molecular complexity index is 889. The van der Waals surface area contributed by atoms with Gasteiger partial charge in [-0.1, -0.05) is 11.2 Å². The summed E-state index contributed by atoms with van der Waals surface area (Å²) in [6, 6.07) is 7.45. The minimum Gasteiger partial charge on any atom is -0.368 e. The van der Waals surface area contributed by atoms with Crippen LogP contribution in [0.3, 0.4) is 0 Å². The number of carbonyl (C=O) groups excluding carboxylic acids is 1. The molecule has 4 heterocycles. The molecule has 1 aliphatic heterocycles. The predicted octanol–water partition coefficient (Wildman–Crippen LogP) is 2.64. The Kier molecular flexibility index (Phi) is 5.29. The number of hydrogen-bond donors (Lipinski definition) is 2. The van der Waals surface area contributed by atoms with Crippen LogP contribution in [0.25, 0.3) is 10.6 Å². The number of nitrogens with one attached hydrogen (secondary N) is 2. The Balaban J connectivity index is 1.25. The Morgan fingerprint density at radius 3 is 2.93 bits per heavy atom. The Morgan fingerprint density at radius 1 is 1.22 bits per heavy atom. The van der Waals surface area contributed by atoms with Gasteiger partial charge in [0.1, 0.15) is 18.0 Å².